The van der Waals surface area contributed by atoms with Gasteiger partial charge in [-0.2, -0.15) is 0 Å². The maximum atomic E-state index is 5.98. The van der Waals surface area contributed by atoms with Gasteiger partial charge in [0.25, 0.3) is 0 Å². The highest BCUT2D eigenvalue weighted by molar-refractivity contribution is 6.29. The predicted molar refractivity (Wildman–Crippen MR) is 66.9 cm³/mol. The Morgan fingerprint density at radius 2 is 2.12 bits per heavy atom. The average Bonchev–Trinajstić information content (AvgIpc) is 2.70. The molecular weight excluding hydrogens is 222 g/mol. The fourth-order valence-electron chi connectivity index (χ4n) is 2.15. The van der Waals surface area contributed by atoms with Gasteiger partial charge in [-0.05, 0) is 19.3 Å². The summed E-state index contributed by atoms with van der Waals surface area (Å²) in [7, 11) is 0. The van der Waals surface area contributed by atoms with Crippen molar-refractivity contribution in [2.45, 2.75) is 51.5 Å². The number of hydrogen-bond acceptors (Lipinski definition) is 3. The Balaban J connectivity index is 2.06. The van der Waals surface area contributed by atoms with Gasteiger partial charge in [0.05, 0.1) is 0 Å². The fraction of sp³-hybridized carbons (Fsp3) is 0.667. The van der Waals surface area contributed by atoms with Gasteiger partial charge in [0.2, 0.25) is 0 Å². The van der Waals surface area contributed by atoms with Crippen LogP contribution in [0.2, 0.25) is 5.15 Å². The van der Waals surface area contributed by atoms with E-state index in [-0.39, 0.29) is 0 Å². The van der Waals surface area contributed by atoms with Gasteiger partial charge in [-0.3, -0.25) is 0 Å². The molecule has 1 aromatic heterocycles. The predicted octanol–water partition coefficient (Wildman–Crippen LogP) is 3.44. The zero-order chi connectivity index (χ0) is 11.4. The van der Waals surface area contributed by atoms with Gasteiger partial charge in [-0.1, -0.05) is 31.4 Å². The van der Waals surface area contributed by atoms with Gasteiger partial charge in [-0.15, -0.1) is 0 Å². The second-order valence-electron chi connectivity index (χ2n) is 4.37. The Kier molecular flexibility index (Phi) is 3.99. The molecule has 0 unspecified atom stereocenters. The first-order chi connectivity index (χ1) is 7.78. The van der Waals surface area contributed by atoms with Crippen LogP contribution < -0.4 is 5.32 Å². The molecule has 3 nitrogen and oxygen atoms in total. The van der Waals surface area contributed by atoms with Crippen molar-refractivity contribution >= 4 is 17.4 Å². The lowest BCUT2D eigenvalue weighted by atomic mass is 10.2. The Morgan fingerprint density at radius 1 is 1.38 bits per heavy atom. The third kappa shape index (κ3) is 3.08. The van der Waals surface area contributed by atoms with Crippen molar-refractivity contribution in [1.82, 2.24) is 9.97 Å². The minimum Gasteiger partial charge on any atom is -0.367 e. The second kappa shape index (κ2) is 5.48. The number of aromatic nitrogens is 2. The molecular formula is C12H18ClN3. The molecule has 2 rings (SSSR count). The van der Waals surface area contributed by atoms with Crippen LogP contribution in [0, 0.1) is 0 Å². The Morgan fingerprint density at radius 3 is 2.81 bits per heavy atom. The number of anilines is 1. The van der Waals surface area contributed by atoms with Crippen LogP contribution in [0.5, 0.6) is 0 Å². The summed E-state index contributed by atoms with van der Waals surface area (Å²) in [5.41, 5.74) is 0. The first kappa shape index (κ1) is 11.6. The number of hydrogen-bond donors (Lipinski definition) is 1. The van der Waals surface area contributed by atoms with Crippen LogP contribution in [-0.2, 0) is 6.42 Å². The molecule has 0 saturated heterocycles. The summed E-state index contributed by atoms with van der Waals surface area (Å²) in [4.78, 5) is 8.69. The average molecular weight is 240 g/mol. The lowest BCUT2D eigenvalue weighted by molar-refractivity contribution is 0.744. The molecule has 0 atom stereocenters. The summed E-state index contributed by atoms with van der Waals surface area (Å²) in [6.45, 7) is 2.12. The van der Waals surface area contributed by atoms with Crippen LogP contribution >= 0.6 is 11.6 Å². The molecule has 0 radical (unpaired) electrons. The maximum absolute atomic E-state index is 5.98. The van der Waals surface area contributed by atoms with E-state index in [1.165, 1.54) is 25.7 Å². The highest BCUT2D eigenvalue weighted by Gasteiger charge is 2.15. The molecule has 0 amide bonds. The quantitative estimate of drug-likeness (QED) is 0.818. The lowest BCUT2D eigenvalue weighted by Gasteiger charge is -2.13. The van der Waals surface area contributed by atoms with Crippen molar-refractivity contribution in [3.63, 3.8) is 0 Å². The van der Waals surface area contributed by atoms with E-state index in [9.17, 15) is 0 Å². The zero-order valence-electron chi connectivity index (χ0n) is 9.67. The molecule has 1 heterocycles. The van der Waals surface area contributed by atoms with Gasteiger partial charge >= 0.3 is 0 Å². The van der Waals surface area contributed by atoms with Crippen molar-refractivity contribution in [3.05, 3.63) is 17.0 Å². The van der Waals surface area contributed by atoms with E-state index in [1.807, 2.05) is 6.07 Å². The molecule has 1 aromatic rings. The van der Waals surface area contributed by atoms with E-state index in [0.29, 0.717) is 11.2 Å². The standard InChI is InChI=1S/C12H18ClN3/c1-2-5-11-15-10(13)8-12(16-11)14-9-6-3-4-7-9/h8-9H,2-7H2,1H3,(H,14,15,16). The number of aryl methyl sites for hydroxylation is 1. The normalized spacial score (nSPS) is 16.6. The number of halogens is 1. The van der Waals surface area contributed by atoms with E-state index >= 15 is 0 Å². The molecule has 0 bridgehead atoms. The number of rotatable bonds is 4. The maximum Gasteiger partial charge on any atom is 0.134 e. The summed E-state index contributed by atoms with van der Waals surface area (Å²) in [6, 6.07) is 2.39. The minimum absolute atomic E-state index is 0.541. The van der Waals surface area contributed by atoms with Crippen LogP contribution in [0.25, 0.3) is 0 Å². The fourth-order valence-corrected chi connectivity index (χ4v) is 2.35. The third-order valence-electron chi connectivity index (χ3n) is 2.92. The molecule has 0 aromatic carbocycles. The molecule has 1 aliphatic rings. The molecule has 1 aliphatic carbocycles. The molecule has 0 spiro atoms. The Bertz CT molecular complexity index is 348. The first-order valence-corrected chi connectivity index (χ1v) is 6.45. The van der Waals surface area contributed by atoms with E-state index in [1.54, 1.807) is 0 Å². The summed E-state index contributed by atoms with van der Waals surface area (Å²) < 4.78 is 0. The molecule has 0 aliphatic heterocycles. The van der Waals surface area contributed by atoms with Gasteiger partial charge in [-0.25, -0.2) is 9.97 Å². The van der Waals surface area contributed by atoms with Gasteiger partial charge in [0, 0.05) is 18.5 Å². The van der Waals surface area contributed by atoms with Crippen molar-refractivity contribution in [3.8, 4) is 0 Å². The van der Waals surface area contributed by atoms with Crippen molar-refractivity contribution in [2.24, 2.45) is 0 Å². The highest BCUT2D eigenvalue weighted by Crippen LogP contribution is 2.22. The van der Waals surface area contributed by atoms with Crippen LogP contribution in [0.1, 0.15) is 44.9 Å². The smallest absolute Gasteiger partial charge is 0.134 e. The molecule has 4 heteroatoms. The zero-order valence-corrected chi connectivity index (χ0v) is 10.4. The van der Waals surface area contributed by atoms with Crippen molar-refractivity contribution < 1.29 is 0 Å². The van der Waals surface area contributed by atoms with Gasteiger partial charge in [0.15, 0.2) is 0 Å². The highest BCUT2D eigenvalue weighted by atomic mass is 35.5. The first-order valence-electron chi connectivity index (χ1n) is 6.08. The molecule has 1 fully saturated rings. The van der Waals surface area contributed by atoms with Gasteiger partial charge in [0.1, 0.15) is 16.8 Å². The van der Waals surface area contributed by atoms with Crippen LogP contribution in [0.15, 0.2) is 6.07 Å². The monoisotopic (exact) mass is 239 g/mol. The largest absolute Gasteiger partial charge is 0.367 e. The summed E-state index contributed by atoms with van der Waals surface area (Å²) in [5, 5.41) is 3.99. The van der Waals surface area contributed by atoms with Crippen molar-refractivity contribution in [2.75, 3.05) is 5.32 Å². The van der Waals surface area contributed by atoms with E-state index in [0.717, 1.165) is 24.5 Å². The number of nitrogens with one attached hydrogen (secondary N) is 1. The van der Waals surface area contributed by atoms with Crippen LogP contribution in [0.4, 0.5) is 5.82 Å². The lowest BCUT2D eigenvalue weighted by Crippen LogP contribution is -2.16. The molecule has 16 heavy (non-hydrogen) atoms. The summed E-state index contributed by atoms with van der Waals surface area (Å²) in [6.07, 6.45) is 7.05. The Hall–Kier alpha value is -0.830. The molecule has 1 saturated carbocycles. The van der Waals surface area contributed by atoms with E-state index in [2.05, 4.69) is 22.2 Å². The summed E-state index contributed by atoms with van der Waals surface area (Å²) >= 11 is 5.98. The van der Waals surface area contributed by atoms with Crippen molar-refractivity contribution in [1.29, 1.82) is 0 Å². The van der Waals surface area contributed by atoms with Gasteiger partial charge < -0.3 is 5.32 Å². The van der Waals surface area contributed by atoms with E-state index < -0.39 is 0 Å². The van der Waals surface area contributed by atoms with Crippen LogP contribution in [0.3, 0.4) is 0 Å². The van der Waals surface area contributed by atoms with E-state index in [4.69, 9.17) is 11.6 Å². The van der Waals surface area contributed by atoms with Crippen LogP contribution in [-0.4, -0.2) is 16.0 Å². The second-order valence-corrected chi connectivity index (χ2v) is 4.76. The topological polar surface area (TPSA) is 37.8 Å². The minimum atomic E-state index is 0.541. The third-order valence-corrected chi connectivity index (χ3v) is 3.12. The molecule has 1 N–H and O–H groups in total. The SMILES string of the molecule is CCCc1nc(Cl)cc(NC2CCCC2)n1. The summed E-state index contributed by atoms with van der Waals surface area (Å²) in [5.74, 6) is 1.73. The Labute approximate surface area is 102 Å². The number of nitrogens with zero attached hydrogens (tertiary/aromatic N) is 2. The molecule has 88 valence electrons.